The maximum Gasteiger partial charge on any atom is 0.244 e. The molecule has 0 aliphatic carbocycles. The molecule has 0 bridgehead atoms. The van der Waals surface area contributed by atoms with Crippen molar-refractivity contribution in [2.24, 2.45) is 0 Å². The molecule has 1 aromatic heterocycles. The zero-order valence-corrected chi connectivity index (χ0v) is 10.8. The number of nitrogens with zero attached hydrogens (tertiary/aromatic N) is 2. The van der Waals surface area contributed by atoms with Gasteiger partial charge in [0.1, 0.15) is 6.04 Å². The normalized spacial score (nSPS) is 19.7. The molecule has 1 fully saturated rings. The molecule has 1 aromatic carbocycles. The highest BCUT2D eigenvalue weighted by Crippen LogP contribution is 2.28. The molecule has 0 radical (unpaired) electrons. The first kappa shape index (κ1) is 11.3. The van der Waals surface area contributed by atoms with Crippen LogP contribution >= 0.6 is 11.3 Å². The van der Waals surface area contributed by atoms with Crippen LogP contribution < -0.4 is 11.1 Å². The monoisotopic (exact) mass is 262 g/mol. The minimum Gasteiger partial charge on any atom is -0.399 e. The van der Waals surface area contributed by atoms with Crippen LogP contribution in [0.15, 0.2) is 18.2 Å². The van der Waals surface area contributed by atoms with Crippen LogP contribution in [0.1, 0.15) is 6.42 Å². The van der Waals surface area contributed by atoms with Crippen molar-refractivity contribution >= 4 is 38.3 Å². The zero-order valence-electron chi connectivity index (χ0n) is 10.0. The summed E-state index contributed by atoms with van der Waals surface area (Å²) in [5, 5.41) is 3.99. The summed E-state index contributed by atoms with van der Waals surface area (Å²) >= 11 is 1.53. The van der Waals surface area contributed by atoms with Gasteiger partial charge < -0.3 is 16.0 Å². The molecule has 94 valence electrons. The van der Waals surface area contributed by atoms with Gasteiger partial charge in [-0.3, -0.25) is 4.79 Å². The largest absolute Gasteiger partial charge is 0.399 e. The van der Waals surface area contributed by atoms with E-state index in [1.807, 2.05) is 25.2 Å². The number of carbonyl (C=O) groups excluding carboxylic acids is 1. The Morgan fingerprint density at radius 1 is 1.56 bits per heavy atom. The van der Waals surface area contributed by atoms with Crippen LogP contribution in [0, 0.1) is 0 Å². The summed E-state index contributed by atoms with van der Waals surface area (Å²) in [5.74, 6) is 0.133. The topological polar surface area (TPSA) is 71.2 Å². The highest BCUT2D eigenvalue weighted by molar-refractivity contribution is 7.22. The number of amides is 1. The van der Waals surface area contributed by atoms with Crippen LogP contribution in [-0.2, 0) is 4.79 Å². The molecule has 0 saturated carbocycles. The molecule has 18 heavy (non-hydrogen) atoms. The van der Waals surface area contributed by atoms with Gasteiger partial charge in [0.2, 0.25) is 5.91 Å². The van der Waals surface area contributed by atoms with Crippen molar-refractivity contribution in [2.75, 3.05) is 24.6 Å². The number of aromatic nitrogens is 1. The van der Waals surface area contributed by atoms with Gasteiger partial charge in [-0.05, 0) is 24.6 Å². The van der Waals surface area contributed by atoms with Crippen molar-refractivity contribution < 1.29 is 4.79 Å². The van der Waals surface area contributed by atoms with Gasteiger partial charge in [0, 0.05) is 19.3 Å². The number of likely N-dealkylation sites (tertiary alicyclic amines) is 1. The Bertz CT molecular complexity index is 609. The molecule has 1 aliphatic heterocycles. The van der Waals surface area contributed by atoms with E-state index in [1.165, 1.54) is 11.3 Å². The second kappa shape index (κ2) is 4.13. The number of hydrogen-bond donors (Lipinski definition) is 2. The van der Waals surface area contributed by atoms with E-state index >= 15 is 0 Å². The van der Waals surface area contributed by atoms with E-state index in [0.29, 0.717) is 0 Å². The average molecular weight is 262 g/mol. The molecule has 2 aromatic rings. The lowest BCUT2D eigenvalue weighted by atomic mass is 10.2. The lowest BCUT2D eigenvalue weighted by molar-refractivity contribution is -0.127. The number of rotatable bonds is 2. The SMILES string of the molecule is CN1CCC(Nc2nc3ccc(N)cc3s2)C1=O. The number of hydrogen-bond acceptors (Lipinski definition) is 5. The molecule has 0 spiro atoms. The summed E-state index contributed by atoms with van der Waals surface area (Å²) in [6.45, 7) is 0.800. The van der Waals surface area contributed by atoms with Crippen LogP contribution in [0.2, 0.25) is 0 Å². The van der Waals surface area contributed by atoms with E-state index in [-0.39, 0.29) is 11.9 Å². The van der Waals surface area contributed by atoms with E-state index in [4.69, 9.17) is 5.73 Å². The number of likely N-dealkylation sites (N-methyl/N-ethyl adjacent to an activating group) is 1. The number of fused-ring (bicyclic) bond motifs is 1. The highest BCUT2D eigenvalue weighted by Gasteiger charge is 2.29. The molecule has 1 aliphatic rings. The standard InChI is InChI=1S/C12H14N4OS/c1-16-5-4-9(11(16)17)15-12-14-8-3-2-7(13)6-10(8)18-12/h2-3,6,9H,4-5,13H2,1H3,(H,14,15). The number of nitrogen functional groups attached to an aromatic ring is 1. The molecule has 1 amide bonds. The lowest BCUT2D eigenvalue weighted by Crippen LogP contribution is -2.30. The number of thiazole rings is 1. The number of carbonyl (C=O) groups is 1. The van der Waals surface area contributed by atoms with Gasteiger partial charge in [-0.2, -0.15) is 0 Å². The van der Waals surface area contributed by atoms with Crippen LogP contribution in [0.3, 0.4) is 0 Å². The molecule has 1 saturated heterocycles. The molecule has 1 unspecified atom stereocenters. The van der Waals surface area contributed by atoms with Gasteiger partial charge in [-0.15, -0.1) is 0 Å². The van der Waals surface area contributed by atoms with Crippen molar-refractivity contribution in [1.29, 1.82) is 0 Å². The van der Waals surface area contributed by atoms with Gasteiger partial charge in [0.15, 0.2) is 5.13 Å². The fourth-order valence-corrected chi connectivity index (χ4v) is 3.08. The Morgan fingerprint density at radius 3 is 3.11 bits per heavy atom. The second-order valence-corrected chi connectivity index (χ2v) is 5.52. The van der Waals surface area contributed by atoms with Gasteiger partial charge in [0.05, 0.1) is 10.2 Å². The summed E-state index contributed by atoms with van der Waals surface area (Å²) in [5.41, 5.74) is 7.38. The zero-order chi connectivity index (χ0) is 12.7. The first-order valence-electron chi connectivity index (χ1n) is 5.81. The molecule has 2 heterocycles. The first-order chi connectivity index (χ1) is 8.63. The Hall–Kier alpha value is -1.82. The minimum absolute atomic E-state index is 0.133. The molecule has 3 rings (SSSR count). The third-order valence-corrected chi connectivity index (χ3v) is 4.09. The highest BCUT2D eigenvalue weighted by atomic mass is 32.1. The number of anilines is 2. The van der Waals surface area contributed by atoms with E-state index in [1.54, 1.807) is 4.90 Å². The van der Waals surface area contributed by atoms with Crippen LogP contribution in [-0.4, -0.2) is 35.4 Å². The summed E-state index contributed by atoms with van der Waals surface area (Å²) in [6, 6.07) is 5.49. The fourth-order valence-electron chi connectivity index (χ4n) is 2.11. The van der Waals surface area contributed by atoms with Gasteiger partial charge in [-0.25, -0.2) is 4.98 Å². The van der Waals surface area contributed by atoms with Crippen molar-refractivity contribution in [1.82, 2.24) is 9.88 Å². The molecule has 1 atom stereocenters. The molecule has 3 N–H and O–H groups in total. The predicted octanol–water partition coefficient (Wildman–Crippen LogP) is 1.52. The average Bonchev–Trinajstić information content (AvgIpc) is 2.86. The van der Waals surface area contributed by atoms with E-state index in [9.17, 15) is 4.79 Å². The van der Waals surface area contributed by atoms with Crippen LogP contribution in [0.4, 0.5) is 10.8 Å². The smallest absolute Gasteiger partial charge is 0.244 e. The Labute approximate surface area is 109 Å². The summed E-state index contributed by atoms with van der Waals surface area (Å²) in [6.07, 6.45) is 0.827. The van der Waals surface area contributed by atoms with Crippen molar-refractivity contribution in [3.05, 3.63) is 18.2 Å². The summed E-state index contributed by atoms with van der Waals surface area (Å²) in [7, 11) is 1.82. The number of nitrogens with one attached hydrogen (secondary N) is 1. The van der Waals surface area contributed by atoms with Gasteiger partial charge in [-0.1, -0.05) is 11.3 Å². The van der Waals surface area contributed by atoms with E-state index in [0.717, 1.165) is 34.0 Å². The molecular weight excluding hydrogens is 248 g/mol. The van der Waals surface area contributed by atoms with Crippen molar-refractivity contribution in [2.45, 2.75) is 12.5 Å². The minimum atomic E-state index is -0.145. The maximum absolute atomic E-state index is 11.8. The third-order valence-electron chi connectivity index (χ3n) is 3.14. The van der Waals surface area contributed by atoms with Gasteiger partial charge in [0.25, 0.3) is 0 Å². The van der Waals surface area contributed by atoms with Crippen LogP contribution in [0.5, 0.6) is 0 Å². The van der Waals surface area contributed by atoms with Crippen molar-refractivity contribution in [3.63, 3.8) is 0 Å². The van der Waals surface area contributed by atoms with Crippen LogP contribution in [0.25, 0.3) is 10.2 Å². The lowest BCUT2D eigenvalue weighted by Gasteiger charge is -2.10. The molecular formula is C12H14N4OS. The Balaban J connectivity index is 1.85. The van der Waals surface area contributed by atoms with E-state index in [2.05, 4.69) is 10.3 Å². The van der Waals surface area contributed by atoms with Gasteiger partial charge >= 0.3 is 0 Å². The van der Waals surface area contributed by atoms with E-state index < -0.39 is 0 Å². The number of benzene rings is 1. The Morgan fingerprint density at radius 2 is 2.39 bits per heavy atom. The third kappa shape index (κ3) is 1.88. The summed E-state index contributed by atoms with van der Waals surface area (Å²) in [4.78, 5) is 18.0. The molecule has 5 nitrogen and oxygen atoms in total. The quantitative estimate of drug-likeness (QED) is 0.805. The number of nitrogens with two attached hydrogens (primary N) is 1. The summed E-state index contributed by atoms with van der Waals surface area (Å²) < 4.78 is 1.04. The first-order valence-corrected chi connectivity index (χ1v) is 6.63. The Kier molecular flexibility index (Phi) is 2.59. The predicted molar refractivity (Wildman–Crippen MR) is 73.7 cm³/mol. The maximum atomic E-state index is 11.8. The fraction of sp³-hybridized carbons (Fsp3) is 0.333. The second-order valence-electron chi connectivity index (χ2n) is 4.49. The van der Waals surface area contributed by atoms with Crippen molar-refractivity contribution in [3.8, 4) is 0 Å². The molecule has 6 heteroatoms.